The molecular weight excluding hydrogens is 526 g/mol. The van der Waals surface area contributed by atoms with Crippen molar-refractivity contribution >= 4 is 34.1 Å². The number of nitrogens with one attached hydrogen (secondary N) is 2. The number of alkyl carbamates (subject to hydrolysis) is 1. The van der Waals surface area contributed by atoms with Crippen molar-refractivity contribution in [1.29, 1.82) is 0 Å². The number of halogens is 1. The molecule has 2 N–H and O–H groups in total. The number of benzene rings is 3. The average Bonchev–Trinajstić information content (AvgIpc) is 2.88. The number of rotatable bonds is 11. The normalized spacial score (nSPS) is 11.5. The second-order valence-corrected chi connectivity index (χ2v) is 8.50. The first kappa shape index (κ1) is 26.7. The summed E-state index contributed by atoms with van der Waals surface area (Å²) in [6.45, 7) is 2.28. The largest absolute Gasteiger partial charge is 0.493 e. The van der Waals surface area contributed by atoms with Gasteiger partial charge in [0.15, 0.2) is 11.5 Å². The molecule has 0 unspecified atom stereocenters. The minimum Gasteiger partial charge on any atom is -0.493 e. The molecule has 0 aromatic heterocycles. The van der Waals surface area contributed by atoms with Crippen LogP contribution in [0.4, 0.5) is 4.79 Å². The van der Waals surface area contributed by atoms with Gasteiger partial charge in [-0.05, 0) is 51.7 Å². The number of carbonyl (C=O) groups is 2. The molecule has 0 fully saturated rings. The van der Waals surface area contributed by atoms with E-state index >= 15 is 0 Å². The van der Waals surface area contributed by atoms with Gasteiger partial charge in [0.05, 0.1) is 24.4 Å². The summed E-state index contributed by atoms with van der Waals surface area (Å²) in [4.78, 5) is 24.7. The maximum Gasteiger partial charge on any atom is 0.407 e. The third-order valence-electron chi connectivity index (χ3n) is 5.03. The van der Waals surface area contributed by atoms with E-state index in [1.807, 2.05) is 60.7 Å². The summed E-state index contributed by atoms with van der Waals surface area (Å²) >= 11 is 3.52. The van der Waals surface area contributed by atoms with E-state index in [1.165, 1.54) is 6.21 Å². The van der Waals surface area contributed by atoms with Crippen molar-refractivity contribution < 1.29 is 23.8 Å². The van der Waals surface area contributed by atoms with Crippen LogP contribution in [0.3, 0.4) is 0 Å². The third kappa shape index (κ3) is 8.13. The summed E-state index contributed by atoms with van der Waals surface area (Å²) in [5, 5.41) is 6.65. The Hall–Kier alpha value is -3.85. The van der Waals surface area contributed by atoms with Crippen LogP contribution in [0.5, 0.6) is 11.5 Å². The van der Waals surface area contributed by atoms with Crippen LogP contribution in [0.2, 0.25) is 0 Å². The first-order chi connectivity index (χ1) is 17.5. The average molecular weight is 554 g/mol. The number of ether oxygens (including phenoxy) is 3. The maximum absolute atomic E-state index is 12.8. The molecule has 2 amide bonds. The van der Waals surface area contributed by atoms with Gasteiger partial charge >= 0.3 is 6.09 Å². The first-order valence-corrected chi connectivity index (χ1v) is 12.1. The fourth-order valence-corrected chi connectivity index (χ4v) is 3.88. The van der Waals surface area contributed by atoms with Gasteiger partial charge in [0.2, 0.25) is 0 Å². The van der Waals surface area contributed by atoms with Gasteiger partial charge in [0.1, 0.15) is 12.6 Å². The van der Waals surface area contributed by atoms with Crippen LogP contribution in [0.25, 0.3) is 0 Å². The van der Waals surface area contributed by atoms with Gasteiger partial charge in [-0.2, -0.15) is 5.10 Å². The third-order valence-corrected chi connectivity index (χ3v) is 5.62. The molecule has 0 saturated carbocycles. The molecule has 0 bridgehead atoms. The van der Waals surface area contributed by atoms with Crippen molar-refractivity contribution in [3.63, 3.8) is 0 Å². The lowest BCUT2D eigenvalue weighted by Gasteiger charge is -2.17. The van der Waals surface area contributed by atoms with Crippen molar-refractivity contribution in [2.24, 2.45) is 5.10 Å². The second-order valence-electron chi connectivity index (χ2n) is 7.65. The van der Waals surface area contributed by atoms with Gasteiger partial charge in [-0.25, -0.2) is 10.2 Å². The summed E-state index contributed by atoms with van der Waals surface area (Å²) in [5.41, 5.74) is 5.08. The number of hydrogen-bond acceptors (Lipinski definition) is 6. The van der Waals surface area contributed by atoms with Gasteiger partial charge in [-0.1, -0.05) is 60.7 Å². The topological polar surface area (TPSA) is 98.2 Å². The maximum atomic E-state index is 12.8. The zero-order valence-electron chi connectivity index (χ0n) is 20.1. The number of amides is 2. The van der Waals surface area contributed by atoms with E-state index in [1.54, 1.807) is 26.2 Å². The summed E-state index contributed by atoms with van der Waals surface area (Å²) in [6, 6.07) is 21.9. The predicted molar refractivity (Wildman–Crippen MR) is 141 cm³/mol. The molecule has 0 saturated heterocycles. The number of methoxy groups -OCH3 is 1. The zero-order valence-corrected chi connectivity index (χ0v) is 21.7. The minimum atomic E-state index is -0.862. The van der Waals surface area contributed by atoms with Crippen molar-refractivity contribution in [2.45, 2.75) is 26.0 Å². The Morgan fingerprint density at radius 2 is 1.69 bits per heavy atom. The second kappa shape index (κ2) is 13.9. The molecule has 0 aliphatic rings. The Balaban J connectivity index is 1.67. The van der Waals surface area contributed by atoms with Gasteiger partial charge < -0.3 is 19.5 Å². The molecule has 0 aliphatic carbocycles. The highest BCUT2D eigenvalue weighted by Crippen LogP contribution is 2.36. The fraction of sp³-hybridized carbons (Fsp3) is 0.222. The Morgan fingerprint density at radius 1 is 1.03 bits per heavy atom. The molecule has 0 heterocycles. The molecule has 3 aromatic carbocycles. The van der Waals surface area contributed by atoms with Crippen LogP contribution in [0.15, 0.2) is 82.4 Å². The number of hydrogen-bond donors (Lipinski definition) is 2. The van der Waals surface area contributed by atoms with Crippen LogP contribution in [0, 0.1) is 0 Å². The number of nitrogens with zero attached hydrogens (tertiary/aromatic N) is 1. The first-order valence-electron chi connectivity index (χ1n) is 11.3. The molecule has 0 aliphatic heterocycles. The van der Waals surface area contributed by atoms with Crippen LogP contribution < -0.4 is 20.2 Å². The number of carbonyl (C=O) groups excluding carboxylic acids is 2. The molecule has 9 heteroatoms. The van der Waals surface area contributed by atoms with E-state index in [4.69, 9.17) is 14.2 Å². The SMILES string of the molecule is CCOC(=O)N[C@@H](Cc1ccccc1)C(=O)N/N=C\c1cc(Br)c(OCc2ccccc2)c(OC)c1. The summed E-state index contributed by atoms with van der Waals surface area (Å²) in [6.07, 6.45) is 1.10. The Labute approximate surface area is 218 Å². The smallest absolute Gasteiger partial charge is 0.407 e. The van der Waals surface area contributed by atoms with E-state index in [9.17, 15) is 9.59 Å². The van der Waals surface area contributed by atoms with Gasteiger partial charge in [0, 0.05) is 6.42 Å². The van der Waals surface area contributed by atoms with Crippen molar-refractivity contribution in [3.8, 4) is 11.5 Å². The van der Waals surface area contributed by atoms with Crippen LogP contribution in [-0.2, 0) is 22.6 Å². The van der Waals surface area contributed by atoms with Gasteiger partial charge in [-0.15, -0.1) is 0 Å². The lowest BCUT2D eigenvalue weighted by Crippen LogP contribution is -2.47. The zero-order chi connectivity index (χ0) is 25.8. The Bertz CT molecular complexity index is 1170. The molecule has 188 valence electrons. The van der Waals surface area contributed by atoms with Crippen LogP contribution in [-0.4, -0.2) is 38.0 Å². The molecule has 1 atom stereocenters. The standard InChI is InChI=1S/C27H28BrN3O5/c1-3-35-27(33)30-23(15-19-10-6-4-7-11-19)26(32)31-29-17-21-14-22(28)25(24(16-21)34-2)36-18-20-12-8-5-9-13-20/h4-14,16-17,23H,3,15,18H2,1-2H3,(H,30,33)(H,31,32)/b29-17-/t23-/m0/s1. The minimum absolute atomic E-state index is 0.200. The number of hydrazone groups is 1. The molecule has 3 aromatic rings. The lowest BCUT2D eigenvalue weighted by atomic mass is 10.1. The predicted octanol–water partition coefficient (Wildman–Crippen LogP) is 4.84. The van der Waals surface area contributed by atoms with Gasteiger partial charge in [-0.3, -0.25) is 4.79 Å². The van der Waals surface area contributed by atoms with Crippen molar-refractivity contribution in [1.82, 2.24) is 10.7 Å². The van der Waals surface area contributed by atoms with E-state index in [2.05, 4.69) is 31.8 Å². The lowest BCUT2D eigenvalue weighted by molar-refractivity contribution is -0.123. The Kier molecular flexibility index (Phi) is 10.3. The molecule has 0 radical (unpaired) electrons. The molecule has 8 nitrogen and oxygen atoms in total. The van der Waals surface area contributed by atoms with Crippen LogP contribution in [0.1, 0.15) is 23.6 Å². The van der Waals surface area contributed by atoms with Crippen LogP contribution >= 0.6 is 15.9 Å². The van der Waals surface area contributed by atoms with Crippen molar-refractivity contribution in [2.75, 3.05) is 13.7 Å². The quantitative estimate of drug-likeness (QED) is 0.261. The highest BCUT2D eigenvalue weighted by atomic mass is 79.9. The molecule has 36 heavy (non-hydrogen) atoms. The van der Waals surface area contributed by atoms with E-state index < -0.39 is 18.0 Å². The highest BCUT2D eigenvalue weighted by molar-refractivity contribution is 9.10. The van der Waals surface area contributed by atoms with E-state index in [0.717, 1.165) is 11.1 Å². The summed E-state index contributed by atoms with van der Waals surface area (Å²) in [5.74, 6) is 0.597. The Morgan fingerprint density at radius 3 is 2.33 bits per heavy atom. The van der Waals surface area contributed by atoms with E-state index in [-0.39, 0.29) is 13.0 Å². The van der Waals surface area contributed by atoms with E-state index in [0.29, 0.717) is 28.1 Å². The van der Waals surface area contributed by atoms with Crippen molar-refractivity contribution in [3.05, 3.63) is 94.0 Å². The van der Waals surface area contributed by atoms with Gasteiger partial charge in [0.25, 0.3) is 5.91 Å². The summed E-state index contributed by atoms with van der Waals surface area (Å²) in [7, 11) is 1.55. The monoisotopic (exact) mass is 553 g/mol. The molecule has 3 rings (SSSR count). The molecule has 0 spiro atoms. The fourth-order valence-electron chi connectivity index (χ4n) is 3.31. The summed E-state index contributed by atoms with van der Waals surface area (Å²) < 4.78 is 17.0. The highest BCUT2D eigenvalue weighted by Gasteiger charge is 2.21. The molecular formula is C27H28BrN3O5.